The quantitative estimate of drug-likeness (QED) is 0.486. The Morgan fingerprint density at radius 3 is 2.63 bits per heavy atom. The van der Waals surface area contributed by atoms with Crippen LogP contribution in [0.4, 0.5) is 5.69 Å². The maximum absolute atomic E-state index is 12.9. The number of rotatable bonds is 7. The van der Waals surface area contributed by atoms with Gasteiger partial charge in [-0.3, -0.25) is 9.59 Å². The molecule has 27 heavy (non-hydrogen) atoms. The van der Waals surface area contributed by atoms with Gasteiger partial charge in [0, 0.05) is 26.1 Å². The zero-order valence-corrected chi connectivity index (χ0v) is 19.2. The summed E-state index contributed by atoms with van der Waals surface area (Å²) in [6, 6.07) is 10.6. The first kappa shape index (κ1) is 22.0. The van der Waals surface area contributed by atoms with Gasteiger partial charge in [0.1, 0.15) is 0 Å². The molecule has 2 N–H and O–H groups in total. The van der Waals surface area contributed by atoms with E-state index in [0.717, 1.165) is 20.6 Å². The number of thioether (sulfide) groups is 1. The van der Waals surface area contributed by atoms with E-state index in [9.17, 15) is 9.59 Å². The SMILES string of the molecule is CCSCC(C)NC(=O)c1cccc(I)c1C(=O)Nc1ccc(Cl)cc1C. The minimum Gasteiger partial charge on any atom is -0.349 e. The standard InChI is InChI=1S/C20H22ClIN2O2S/c1-4-27-11-13(3)23-19(25)15-6-5-7-16(22)18(15)20(26)24-17-9-8-14(21)10-12(17)2/h5-10,13H,4,11H2,1-3H3,(H,23,25)(H,24,26). The largest absolute Gasteiger partial charge is 0.349 e. The fraction of sp³-hybridized carbons (Fsp3) is 0.300. The smallest absolute Gasteiger partial charge is 0.257 e. The molecule has 0 fully saturated rings. The van der Waals surface area contributed by atoms with E-state index in [4.69, 9.17) is 11.6 Å². The van der Waals surface area contributed by atoms with Crippen LogP contribution in [0.25, 0.3) is 0 Å². The molecule has 2 aromatic rings. The van der Waals surface area contributed by atoms with Gasteiger partial charge in [-0.25, -0.2) is 0 Å². The summed E-state index contributed by atoms with van der Waals surface area (Å²) in [7, 11) is 0. The normalized spacial score (nSPS) is 11.7. The summed E-state index contributed by atoms with van der Waals surface area (Å²) in [4.78, 5) is 25.7. The van der Waals surface area contributed by atoms with E-state index in [1.807, 2.05) is 19.9 Å². The molecule has 2 rings (SSSR count). The van der Waals surface area contributed by atoms with E-state index >= 15 is 0 Å². The van der Waals surface area contributed by atoms with E-state index < -0.39 is 0 Å². The zero-order chi connectivity index (χ0) is 20.0. The number of benzene rings is 2. The first-order valence-corrected chi connectivity index (χ1v) is 11.2. The van der Waals surface area contributed by atoms with E-state index in [-0.39, 0.29) is 17.9 Å². The Labute approximate surface area is 183 Å². The van der Waals surface area contributed by atoms with Crippen LogP contribution in [0.3, 0.4) is 0 Å². The van der Waals surface area contributed by atoms with Gasteiger partial charge in [-0.2, -0.15) is 11.8 Å². The van der Waals surface area contributed by atoms with Gasteiger partial charge in [-0.1, -0.05) is 24.6 Å². The Hall–Kier alpha value is -1.25. The second kappa shape index (κ2) is 10.3. The number of hydrogen-bond donors (Lipinski definition) is 2. The van der Waals surface area contributed by atoms with E-state index in [0.29, 0.717) is 21.8 Å². The third-order valence-corrected chi connectivity index (χ3v) is 6.15. The van der Waals surface area contributed by atoms with Gasteiger partial charge in [-0.05, 0) is 78.1 Å². The molecule has 0 aromatic heterocycles. The van der Waals surface area contributed by atoms with Crippen molar-refractivity contribution in [2.75, 3.05) is 16.8 Å². The summed E-state index contributed by atoms with van der Waals surface area (Å²) in [6.07, 6.45) is 0. The van der Waals surface area contributed by atoms with Crippen molar-refractivity contribution < 1.29 is 9.59 Å². The van der Waals surface area contributed by atoms with E-state index in [1.165, 1.54) is 0 Å². The third-order valence-electron chi connectivity index (χ3n) is 3.87. The molecular weight excluding hydrogens is 495 g/mol. The number of hydrogen-bond acceptors (Lipinski definition) is 3. The number of halogens is 2. The number of nitrogens with one attached hydrogen (secondary N) is 2. The van der Waals surface area contributed by atoms with Gasteiger partial charge < -0.3 is 10.6 Å². The Bertz CT molecular complexity index is 845. The summed E-state index contributed by atoms with van der Waals surface area (Å²) in [6.45, 7) is 5.92. The van der Waals surface area contributed by atoms with Crippen molar-refractivity contribution in [1.82, 2.24) is 5.32 Å². The highest BCUT2D eigenvalue weighted by Crippen LogP contribution is 2.23. The maximum atomic E-state index is 12.9. The second-order valence-electron chi connectivity index (χ2n) is 6.11. The van der Waals surface area contributed by atoms with Crippen LogP contribution in [-0.2, 0) is 0 Å². The van der Waals surface area contributed by atoms with Crippen LogP contribution in [0.1, 0.15) is 40.1 Å². The average molecular weight is 517 g/mol. The van der Waals surface area contributed by atoms with Crippen LogP contribution < -0.4 is 10.6 Å². The number of amides is 2. The summed E-state index contributed by atoms with van der Waals surface area (Å²) in [5.74, 6) is 1.27. The number of carbonyl (C=O) groups is 2. The molecule has 144 valence electrons. The topological polar surface area (TPSA) is 58.2 Å². The van der Waals surface area contributed by atoms with Crippen molar-refractivity contribution in [1.29, 1.82) is 0 Å². The number of aryl methyl sites for hydroxylation is 1. The van der Waals surface area contributed by atoms with Gasteiger partial charge in [0.25, 0.3) is 11.8 Å². The second-order valence-corrected chi connectivity index (χ2v) is 9.03. The summed E-state index contributed by atoms with van der Waals surface area (Å²) in [5, 5.41) is 6.48. The molecule has 2 aromatic carbocycles. The maximum Gasteiger partial charge on any atom is 0.257 e. The first-order valence-electron chi connectivity index (χ1n) is 8.58. The molecule has 4 nitrogen and oxygen atoms in total. The Morgan fingerprint density at radius 2 is 1.96 bits per heavy atom. The average Bonchev–Trinajstić information content (AvgIpc) is 2.61. The Morgan fingerprint density at radius 1 is 1.22 bits per heavy atom. The van der Waals surface area contributed by atoms with E-state index in [1.54, 1.807) is 42.1 Å². The fourth-order valence-electron chi connectivity index (χ4n) is 2.53. The lowest BCUT2D eigenvalue weighted by molar-refractivity contribution is 0.0931. The Kier molecular flexibility index (Phi) is 8.44. The Balaban J connectivity index is 2.25. The molecule has 0 aliphatic heterocycles. The van der Waals surface area contributed by atoms with E-state index in [2.05, 4.69) is 40.1 Å². The predicted octanol–water partition coefficient (Wildman–Crippen LogP) is 5.38. The predicted molar refractivity (Wildman–Crippen MR) is 123 cm³/mol. The van der Waals surface area contributed by atoms with Crippen LogP contribution in [0.2, 0.25) is 5.02 Å². The van der Waals surface area contributed by atoms with Crippen LogP contribution >= 0.6 is 46.0 Å². The van der Waals surface area contributed by atoms with Gasteiger partial charge in [0.2, 0.25) is 0 Å². The molecule has 2 amide bonds. The molecular formula is C20H22ClIN2O2S. The molecule has 0 saturated heterocycles. The van der Waals surface area contributed by atoms with Crippen LogP contribution in [0, 0.1) is 10.5 Å². The molecule has 0 radical (unpaired) electrons. The molecule has 0 saturated carbocycles. The highest BCUT2D eigenvalue weighted by molar-refractivity contribution is 14.1. The van der Waals surface area contributed by atoms with Gasteiger partial charge in [0.15, 0.2) is 0 Å². The zero-order valence-electron chi connectivity index (χ0n) is 15.4. The summed E-state index contributed by atoms with van der Waals surface area (Å²) >= 11 is 9.83. The molecule has 0 aliphatic carbocycles. The van der Waals surface area contributed by atoms with Crippen molar-refractivity contribution in [2.24, 2.45) is 0 Å². The molecule has 1 unspecified atom stereocenters. The fourth-order valence-corrected chi connectivity index (χ4v) is 4.18. The van der Waals surface area contributed by atoms with Crippen molar-refractivity contribution in [3.8, 4) is 0 Å². The lowest BCUT2D eigenvalue weighted by Crippen LogP contribution is -2.35. The minimum absolute atomic E-state index is 0.0229. The van der Waals surface area contributed by atoms with Crippen LogP contribution in [0.15, 0.2) is 36.4 Å². The molecule has 1 atom stereocenters. The van der Waals surface area contributed by atoms with Crippen molar-refractivity contribution in [3.05, 3.63) is 61.7 Å². The van der Waals surface area contributed by atoms with Crippen LogP contribution in [-0.4, -0.2) is 29.4 Å². The monoisotopic (exact) mass is 516 g/mol. The van der Waals surface area contributed by atoms with Crippen molar-refractivity contribution >= 4 is 63.5 Å². The first-order chi connectivity index (χ1) is 12.8. The molecule has 0 bridgehead atoms. The highest BCUT2D eigenvalue weighted by atomic mass is 127. The van der Waals surface area contributed by atoms with Gasteiger partial charge >= 0.3 is 0 Å². The number of carbonyl (C=O) groups excluding carboxylic acids is 2. The number of anilines is 1. The van der Waals surface area contributed by atoms with Crippen molar-refractivity contribution in [3.63, 3.8) is 0 Å². The summed E-state index contributed by atoms with van der Waals surface area (Å²) in [5.41, 5.74) is 2.28. The highest BCUT2D eigenvalue weighted by Gasteiger charge is 2.21. The van der Waals surface area contributed by atoms with Crippen LogP contribution in [0.5, 0.6) is 0 Å². The molecule has 0 aliphatic rings. The lowest BCUT2D eigenvalue weighted by atomic mass is 10.1. The lowest BCUT2D eigenvalue weighted by Gasteiger charge is -2.16. The molecule has 0 spiro atoms. The third kappa shape index (κ3) is 6.12. The summed E-state index contributed by atoms with van der Waals surface area (Å²) < 4.78 is 0.722. The minimum atomic E-state index is -0.314. The molecule has 7 heteroatoms. The molecule has 0 heterocycles. The van der Waals surface area contributed by atoms with Gasteiger partial charge in [0.05, 0.1) is 11.1 Å². The van der Waals surface area contributed by atoms with Gasteiger partial charge in [-0.15, -0.1) is 0 Å². The van der Waals surface area contributed by atoms with Crippen molar-refractivity contribution in [2.45, 2.75) is 26.8 Å².